The van der Waals surface area contributed by atoms with Crippen LogP contribution in [0.4, 0.5) is 10.1 Å². The van der Waals surface area contributed by atoms with Crippen molar-refractivity contribution in [1.82, 2.24) is 10.2 Å². The van der Waals surface area contributed by atoms with Crippen molar-refractivity contribution in [3.8, 4) is 0 Å². The molecule has 1 fully saturated rings. The van der Waals surface area contributed by atoms with Crippen molar-refractivity contribution >= 4 is 17.8 Å². The molecule has 3 N–H and O–H groups in total. The zero-order valence-electron chi connectivity index (χ0n) is 17.3. The van der Waals surface area contributed by atoms with Gasteiger partial charge in [0.2, 0.25) is 5.76 Å². The van der Waals surface area contributed by atoms with Gasteiger partial charge in [-0.15, -0.1) is 0 Å². The summed E-state index contributed by atoms with van der Waals surface area (Å²) >= 11 is 0. The Hall–Kier alpha value is -3.19. The normalized spacial score (nSPS) is 21.5. The number of nitrogens with one attached hydrogen (secondary N) is 3. The predicted octanol–water partition coefficient (Wildman–Crippen LogP) is 2.91. The number of nitrogens with zero attached hydrogens (tertiary/aromatic N) is 1. The van der Waals surface area contributed by atoms with E-state index in [1.54, 1.807) is 12.1 Å². The van der Waals surface area contributed by atoms with Crippen molar-refractivity contribution in [3.63, 3.8) is 0 Å². The SMILES string of the molecule is N=C/C(=C(/OC1Cc2ccccc2CC1F)C(=O)Nc1ccccc1)N1CCNCC1. The molecule has 2 unspecified atom stereocenters. The zero-order valence-corrected chi connectivity index (χ0v) is 17.3. The molecule has 4 rings (SSSR count). The van der Waals surface area contributed by atoms with E-state index in [4.69, 9.17) is 10.1 Å². The van der Waals surface area contributed by atoms with Crippen molar-refractivity contribution in [2.75, 3.05) is 31.5 Å². The van der Waals surface area contributed by atoms with Crippen LogP contribution in [0.3, 0.4) is 0 Å². The molecular formula is C24H27FN4O2. The minimum Gasteiger partial charge on any atom is -0.479 e. The lowest BCUT2D eigenvalue weighted by Crippen LogP contribution is -2.45. The number of carbonyl (C=O) groups excluding carboxylic acids is 1. The van der Waals surface area contributed by atoms with E-state index in [9.17, 15) is 4.79 Å². The highest BCUT2D eigenvalue weighted by Gasteiger charge is 2.33. The average Bonchev–Trinajstić information content (AvgIpc) is 2.80. The van der Waals surface area contributed by atoms with Crippen molar-refractivity contribution in [2.24, 2.45) is 0 Å². The number of rotatable bonds is 6. The summed E-state index contributed by atoms with van der Waals surface area (Å²) in [7, 11) is 0. The lowest BCUT2D eigenvalue weighted by Gasteiger charge is -2.33. The number of hydrogen-bond donors (Lipinski definition) is 3. The topological polar surface area (TPSA) is 77.5 Å². The van der Waals surface area contributed by atoms with Crippen molar-refractivity contribution < 1.29 is 13.9 Å². The number of anilines is 1. The molecule has 0 spiro atoms. The molecular weight excluding hydrogens is 395 g/mol. The third kappa shape index (κ3) is 4.94. The molecule has 0 bridgehead atoms. The fraction of sp³-hybridized carbons (Fsp3) is 0.333. The molecule has 162 valence electrons. The number of carbonyl (C=O) groups is 1. The number of alkyl halides is 1. The van der Waals surface area contributed by atoms with E-state index in [1.807, 2.05) is 47.4 Å². The average molecular weight is 423 g/mol. The van der Waals surface area contributed by atoms with E-state index in [1.165, 1.54) is 0 Å². The van der Waals surface area contributed by atoms with Gasteiger partial charge < -0.3 is 25.7 Å². The minimum absolute atomic E-state index is 0.00668. The molecule has 2 aliphatic rings. The van der Waals surface area contributed by atoms with Crippen LogP contribution in [0.2, 0.25) is 0 Å². The maximum atomic E-state index is 15.0. The highest BCUT2D eigenvalue weighted by atomic mass is 19.1. The quantitative estimate of drug-likeness (QED) is 0.380. The van der Waals surface area contributed by atoms with Crippen molar-refractivity contribution in [2.45, 2.75) is 25.1 Å². The Balaban J connectivity index is 1.64. The maximum Gasteiger partial charge on any atom is 0.293 e. The number of amides is 1. The van der Waals surface area contributed by atoms with E-state index in [-0.39, 0.29) is 12.2 Å². The minimum atomic E-state index is -1.23. The van der Waals surface area contributed by atoms with Crippen molar-refractivity contribution in [3.05, 3.63) is 77.2 Å². The van der Waals surface area contributed by atoms with E-state index in [0.29, 0.717) is 30.9 Å². The van der Waals surface area contributed by atoms with Crippen LogP contribution in [-0.4, -0.2) is 55.5 Å². The largest absolute Gasteiger partial charge is 0.479 e. The second-order valence-corrected chi connectivity index (χ2v) is 7.77. The summed E-state index contributed by atoms with van der Waals surface area (Å²) < 4.78 is 21.1. The van der Waals surface area contributed by atoms with Gasteiger partial charge in [0.25, 0.3) is 5.91 Å². The van der Waals surface area contributed by atoms with E-state index < -0.39 is 18.2 Å². The molecule has 0 aromatic heterocycles. The highest BCUT2D eigenvalue weighted by molar-refractivity contribution is 6.05. The number of benzene rings is 2. The standard InChI is InChI=1S/C24H27FN4O2/c25-20-14-17-6-4-5-7-18(17)15-22(20)31-23(21(16-26)29-12-10-27-11-13-29)24(30)28-19-8-2-1-3-9-19/h1-9,16,20,22,26-27H,10-15H2,(H,28,30)/b23-21-,26-16?. The molecule has 6 nitrogen and oxygen atoms in total. The van der Waals surface area contributed by atoms with Crippen LogP contribution in [0, 0.1) is 5.41 Å². The number of halogens is 1. The molecule has 31 heavy (non-hydrogen) atoms. The van der Waals surface area contributed by atoms with Crippen LogP contribution in [0.25, 0.3) is 0 Å². The molecule has 1 saturated heterocycles. The number of ether oxygens (including phenoxy) is 1. The Morgan fingerprint density at radius 1 is 1.06 bits per heavy atom. The molecule has 0 saturated carbocycles. The molecule has 2 aromatic rings. The molecule has 1 heterocycles. The lowest BCUT2D eigenvalue weighted by molar-refractivity contribution is -0.118. The molecule has 1 amide bonds. The van der Waals surface area contributed by atoms with Gasteiger partial charge in [-0.2, -0.15) is 0 Å². The Morgan fingerprint density at radius 3 is 2.39 bits per heavy atom. The van der Waals surface area contributed by atoms with Gasteiger partial charge in [0, 0.05) is 50.9 Å². The van der Waals surface area contributed by atoms with Gasteiger partial charge in [0.1, 0.15) is 18.0 Å². The second kappa shape index (κ2) is 9.75. The summed E-state index contributed by atoms with van der Waals surface area (Å²) in [5.41, 5.74) is 3.00. The van der Waals surface area contributed by atoms with E-state index in [2.05, 4.69) is 10.6 Å². The molecule has 2 aromatic carbocycles. The molecule has 0 radical (unpaired) electrons. The Kier molecular flexibility index (Phi) is 6.62. The van der Waals surface area contributed by atoms with Gasteiger partial charge in [-0.05, 0) is 23.3 Å². The summed E-state index contributed by atoms with van der Waals surface area (Å²) in [6, 6.07) is 16.8. The van der Waals surface area contributed by atoms with Crippen LogP contribution in [0.5, 0.6) is 0 Å². The Morgan fingerprint density at radius 2 is 1.71 bits per heavy atom. The van der Waals surface area contributed by atoms with Crippen LogP contribution >= 0.6 is 0 Å². The van der Waals surface area contributed by atoms with Gasteiger partial charge in [0.15, 0.2) is 0 Å². The highest BCUT2D eigenvalue weighted by Crippen LogP contribution is 2.28. The first kappa shape index (κ1) is 21.1. The smallest absolute Gasteiger partial charge is 0.293 e. The summed E-state index contributed by atoms with van der Waals surface area (Å²) in [5, 5.41) is 14.1. The molecule has 2 atom stereocenters. The molecule has 1 aliphatic carbocycles. The fourth-order valence-electron chi connectivity index (χ4n) is 4.05. The van der Waals surface area contributed by atoms with E-state index in [0.717, 1.165) is 30.4 Å². The second-order valence-electron chi connectivity index (χ2n) is 7.77. The number of allylic oxidation sites excluding steroid dienone is 1. The molecule has 7 heteroatoms. The summed E-state index contributed by atoms with van der Waals surface area (Å²) in [6.45, 7) is 2.77. The summed E-state index contributed by atoms with van der Waals surface area (Å²) in [5.74, 6) is -0.484. The Bertz CT molecular complexity index is 957. The third-order valence-electron chi connectivity index (χ3n) is 5.69. The number of fused-ring (bicyclic) bond motifs is 1. The zero-order chi connectivity index (χ0) is 21.6. The van der Waals surface area contributed by atoms with Crippen LogP contribution in [0.15, 0.2) is 66.1 Å². The van der Waals surface area contributed by atoms with E-state index >= 15 is 4.39 Å². The van der Waals surface area contributed by atoms with Crippen LogP contribution in [-0.2, 0) is 22.4 Å². The first-order valence-corrected chi connectivity index (χ1v) is 10.6. The first-order valence-electron chi connectivity index (χ1n) is 10.6. The first-order chi connectivity index (χ1) is 15.2. The van der Waals surface area contributed by atoms with Gasteiger partial charge >= 0.3 is 0 Å². The maximum absolute atomic E-state index is 15.0. The summed E-state index contributed by atoms with van der Waals surface area (Å²) in [4.78, 5) is 15.2. The van der Waals surface area contributed by atoms with Gasteiger partial charge in [-0.3, -0.25) is 4.79 Å². The van der Waals surface area contributed by atoms with Gasteiger partial charge in [-0.25, -0.2) is 4.39 Å². The van der Waals surface area contributed by atoms with Gasteiger partial charge in [-0.1, -0.05) is 42.5 Å². The fourth-order valence-corrected chi connectivity index (χ4v) is 4.05. The van der Waals surface area contributed by atoms with Crippen molar-refractivity contribution in [1.29, 1.82) is 5.41 Å². The molecule has 1 aliphatic heterocycles. The number of piperazine rings is 1. The van der Waals surface area contributed by atoms with Crippen LogP contribution in [0.1, 0.15) is 11.1 Å². The number of para-hydroxylation sites is 1. The summed E-state index contributed by atoms with van der Waals surface area (Å²) in [6.07, 6.45) is -0.252. The lowest BCUT2D eigenvalue weighted by atomic mass is 9.88. The third-order valence-corrected chi connectivity index (χ3v) is 5.69. The monoisotopic (exact) mass is 422 g/mol. The predicted molar refractivity (Wildman–Crippen MR) is 119 cm³/mol. The Labute approximate surface area is 181 Å². The number of hydrogen-bond acceptors (Lipinski definition) is 5. The van der Waals surface area contributed by atoms with Gasteiger partial charge in [0.05, 0.1) is 0 Å². The van der Waals surface area contributed by atoms with Crippen LogP contribution < -0.4 is 10.6 Å².